The summed E-state index contributed by atoms with van der Waals surface area (Å²) in [6.45, 7) is 3.49. The fourth-order valence-corrected chi connectivity index (χ4v) is 3.07. The van der Waals surface area contributed by atoms with Crippen molar-refractivity contribution in [1.82, 2.24) is 15.5 Å². The summed E-state index contributed by atoms with van der Waals surface area (Å²) in [6, 6.07) is 0.478. The molecule has 1 fully saturated rings. The van der Waals surface area contributed by atoms with Gasteiger partial charge in [-0.25, -0.2) is 0 Å². The second kappa shape index (κ2) is 12.5. The summed E-state index contributed by atoms with van der Waals surface area (Å²) in [5, 5.41) is 6.18. The topological polar surface area (TPSA) is 44.4 Å². The van der Waals surface area contributed by atoms with Gasteiger partial charge in [0.1, 0.15) is 0 Å². The van der Waals surface area contributed by atoms with Gasteiger partial charge < -0.3 is 15.5 Å². The van der Waals surface area contributed by atoms with Crippen LogP contribution in [0.2, 0.25) is 0 Å². The summed E-state index contributed by atoms with van der Waals surface area (Å²) < 4.78 is 0. The molecule has 1 aliphatic carbocycles. The van der Waals surface area contributed by atoms with Gasteiger partial charge in [-0.2, -0.15) is 0 Å². The van der Waals surface area contributed by atoms with E-state index < -0.39 is 0 Å². The molecule has 2 N–H and O–H groups in total. The van der Waals surface area contributed by atoms with Crippen LogP contribution >= 0.6 is 24.8 Å². The minimum atomic E-state index is 0. The normalized spacial score (nSPS) is 18.3. The first kappa shape index (κ1) is 23.2. The zero-order chi connectivity index (χ0) is 14.3. The SMILES string of the molecule is CNCC(C)C(=O)NCC(C1CCCCC1)N(C)C.Cl.Cl. The van der Waals surface area contributed by atoms with Crippen LogP contribution in [-0.4, -0.2) is 51.1 Å². The maximum Gasteiger partial charge on any atom is 0.224 e. The Hall–Kier alpha value is -0.0300. The third-order valence-electron chi connectivity index (χ3n) is 4.30. The Morgan fingerprint density at radius 1 is 1.14 bits per heavy atom. The van der Waals surface area contributed by atoms with Crippen molar-refractivity contribution in [2.24, 2.45) is 11.8 Å². The Morgan fingerprint density at radius 2 is 1.71 bits per heavy atom. The second-order valence-corrected chi connectivity index (χ2v) is 6.13. The molecule has 2 unspecified atom stereocenters. The van der Waals surface area contributed by atoms with Crippen LogP contribution in [0.25, 0.3) is 0 Å². The maximum absolute atomic E-state index is 12.0. The molecule has 0 aromatic carbocycles. The Morgan fingerprint density at radius 3 is 2.19 bits per heavy atom. The van der Waals surface area contributed by atoms with Crippen molar-refractivity contribution in [3.8, 4) is 0 Å². The third-order valence-corrected chi connectivity index (χ3v) is 4.30. The van der Waals surface area contributed by atoms with Crippen molar-refractivity contribution < 1.29 is 4.79 Å². The van der Waals surface area contributed by atoms with Gasteiger partial charge in [0.15, 0.2) is 0 Å². The third kappa shape index (κ3) is 8.24. The minimum Gasteiger partial charge on any atom is -0.354 e. The first-order valence-corrected chi connectivity index (χ1v) is 7.65. The molecule has 1 saturated carbocycles. The van der Waals surface area contributed by atoms with E-state index in [1.165, 1.54) is 32.1 Å². The first-order valence-electron chi connectivity index (χ1n) is 7.65. The fourth-order valence-electron chi connectivity index (χ4n) is 3.07. The Balaban J connectivity index is 0. The molecule has 0 spiro atoms. The lowest BCUT2D eigenvalue weighted by molar-refractivity contribution is -0.124. The van der Waals surface area contributed by atoms with Crippen molar-refractivity contribution >= 4 is 30.7 Å². The summed E-state index contributed by atoms with van der Waals surface area (Å²) in [5.74, 6) is 0.944. The van der Waals surface area contributed by atoms with E-state index in [1.807, 2.05) is 14.0 Å². The number of rotatable bonds is 7. The number of halogens is 2. The highest BCUT2D eigenvalue weighted by molar-refractivity contribution is 5.85. The number of carbonyl (C=O) groups excluding carboxylic acids is 1. The molecule has 6 heteroatoms. The van der Waals surface area contributed by atoms with Gasteiger partial charge in [-0.05, 0) is 39.9 Å². The van der Waals surface area contributed by atoms with Crippen molar-refractivity contribution in [3.05, 3.63) is 0 Å². The average molecular weight is 342 g/mol. The van der Waals surface area contributed by atoms with Gasteiger partial charge in [-0.15, -0.1) is 24.8 Å². The summed E-state index contributed by atoms with van der Waals surface area (Å²) in [4.78, 5) is 14.2. The van der Waals surface area contributed by atoms with Crippen molar-refractivity contribution in [2.75, 3.05) is 34.2 Å². The number of nitrogens with one attached hydrogen (secondary N) is 2. The maximum atomic E-state index is 12.0. The molecule has 0 saturated heterocycles. The largest absolute Gasteiger partial charge is 0.354 e. The molecule has 21 heavy (non-hydrogen) atoms. The number of amides is 1. The molecule has 1 amide bonds. The number of nitrogens with zero attached hydrogens (tertiary/aromatic N) is 1. The molecule has 0 aromatic heterocycles. The van der Waals surface area contributed by atoms with Gasteiger partial charge in [0.2, 0.25) is 5.91 Å². The molecule has 0 aromatic rings. The molecule has 128 valence electrons. The number of likely N-dealkylation sites (N-methyl/N-ethyl adjacent to an activating group) is 1. The van der Waals surface area contributed by atoms with Crippen LogP contribution in [0.5, 0.6) is 0 Å². The van der Waals surface area contributed by atoms with Crippen LogP contribution in [0.4, 0.5) is 0 Å². The van der Waals surface area contributed by atoms with Crippen molar-refractivity contribution in [3.63, 3.8) is 0 Å². The Kier molecular flexibility index (Phi) is 13.8. The summed E-state index contributed by atoms with van der Waals surface area (Å²) in [7, 11) is 6.14. The van der Waals surface area contributed by atoms with E-state index in [-0.39, 0.29) is 36.6 Å². The second-order valence-electron chi connectivity index (χ2n) is 6.13. The molecular weight excluding hydrogens is 309 g/mol. The molecule has 0 heterocycles. The van der Waals surface area contributed by atoms with Crippen LogP contribution in [0.1, 0.15) is 39.0 Å². The van der Waals surface area contributed by atoms with E-state index in [9.17, 15) is 4.79 Å². The quantitative estimate of drug-likeness (QED) is 0.746. The molecule has 4 nitrogen and oxygen atoms in total. The van der Waals surface area contributed by atoms with E-state index in [2.05, 4.69) is 29.6 Å². The fraction of sp³-hybridized carbons (Fsp3) is 0.933. The zero-order valence-corrected chi connectivity index (χ0v) is 15.5. The predicted octanol–water partition coefficient (Wildman–Crippen LogP) is 2.31. The van der Waals surface area contributed by atoms with Crippen LogP contribution in [0, 0.1) is 11.8 Å². The van der Waals surface area contributed by atoms with Crippen molar-refractivity contribution in [2.45, 2.75) is 45.1 Å². The molecule has 0 radical (unpaired) electrons. The van der Waals surface area contributed by atoms with Crippen LogP contribution in [-0.2, 0) is 4.79 Å². The van der Waals surface area contributed by atoms with Crippen molar-refractivity contribution in [1.29, 1.82) is 0 Å². The Bertz CT molecular complexity index is 272. The number of carbonyl (C=O) groups is 1. The highest BCUT2D eigenvalue weighted by Crippen LogP contribution is 2.28. The number of hydrogen-bond acceptors (Lipinski definition) is 3. The van der Waals surface area contributed by atoms with Gasteiger partial charge in [0.05, 0.1) is 0 Å². The smallest absolute Gasteiger partial charge is 0.224 e. The van der Waals surface area contributed by atoms with Gasteiger partial charge >= 0.3 is 0 Å². The van der Waals surface area contributed by atoms with Gasteiger partial charge in [0, 0.05) is 25.0 Å². The zero-order valence-electron chi connectivity index (χ0n) is 13.9. The van der Waals surface area contributed by atoms with Crippen LogP contribution < -0.4 is 10.6 Å². The monoisotopic (exact) mass is 341 g/mol. The molecule has 1 rings (SSSR count). The van der Waals surface area contributed by atoms with E-state index in [0.717, 1.165) is 19.0 Å². The number of hydrogen-bond donors (Lipinski definition) is 2. The van der Waals surface area contributed by atoms with E-state index in [0.29, 0.717) is 6.04 Å². The summed E-state index contributed by atoms with van der Waals surface area (Å²) in [5.41, 5.74) is 0. The van der Waals surface area contributed by atoms with E-state index >= 15 is 0 Å². The average Bonchev–Trinajstić information content (AvgIpc) is 2.39. The molecule has 0 bridgehead atoms. The Labute approximate surface area is 142 Å². The lowest BCUT2D eigenvalue weighted by Gasteiger charge is -2.35. The lowest BCUT2D eigenvalue weighted by Crippen LogP contribution is -2.47. The van der Waals surface area contributed by atoms with Gasteiger partial charge in [0.25, 0.3) is 0 Å². The van der Waals surface area contributed by atoms with Crippen LogP contribution in [0.3, 0.4) is 0 Å². The molecular formula is C15H33Cl2N3O. The first-order chi connectivity index (χ1) is 9.06. The van der Waals surface area contributed by atoms with E-state index in [1.54, 1.807) is 0 Å². The van der Waals surface area contributed by atoms with Gasteiger partial charge in [-0.1, -0.05) is 26.2 Å². The predicted molar refractivity (Wildman–Crippen MR) is 94.6 cm³/mol. The molecule has 2 atom stereocenters. The summed E-state index contributed by atoms with van der Waals surface area (Å²) in [6.07, 6.45) is 6.69. The molecule has 0 aliphatic heterocycles. The lowest BCUT2D eigenvalue weighted by atomic mass is 9.83. The van der Waals surface area contributed by atoms with Crippen LogP contribution in [0.15, 0.2) is 0 Å². The van der Waals surface area contributed by atoms with E-state index in [4.69, 9.17) is 0 Å². The summed E-state index contributed by atoms with van der Waals surface area (Å²) >= 11 is 0. The van der Waals surface area contributed by atoms with Gasteiger partial charge in [-0.3, -0.25) is 4.79 Å². The highest BCUT2D eigenvalue weighted by atomic mass is 35.5. The minimum absolute atomic E-state index is 0. The highest BCUT2D eigenvalue weighted by Gasteiger charge is 2.26. The molecule has 1 aliphatic rings. The standard InChI is InChI=1S/C15H31N3O.2ClH/c1-12(10-16-2)15(19)17-11-14(18(3)4)13-8-6-5-7-9-13;;/h12-14,16H,5-11H2,1-4H3,(H,17,19);2*1H.